The lowest BCUT2D eigenvalue weighted by Crippen LogP contribution is -2.36. The fraction of sp³-hybridized carbons (Fsp3) is 0.200. The molecule has 0 heterocycles. The molecule has 2 aromatic carbocycles. The Balaban J connectivity index is 2.12. The van der Waals surface area contributed by atoms with Gasteiger partial charge >= 0.3 is 5.97 Å². The molecule has 0 atom stereocenters. The zero-order valence-electron chi connectivity index (χ0n) is 15.3. The Labute approximate surface area is 156 Å². The summed E-state index contributed by atoms with van der Waals surface area (Å²) in [6.45, 7) is 2.57. The van der Waals surface area contributed by atoms with Crippen molar-refractivity contribution in [1.29, 1.82) is 0 Å². The van der Waals surface area contributed by atoms with E-state index in [-0.39, 0.29) is 18.2 Å². The monoisotopic (exact) mass is 368 g/mol. The smallest absolute Gasteiger partial charge is 0.337 e. The second-order valence-corrected chi connectivity index (χ2v) is 5.83. The molecule has 0 aromatic heterocycles. The van der Waals surface area contributed by atoms with Gasteiger partial charge in [-0.2, -0.15) is 0 Å². The normalized spacial score (nSPS) is 10.0. The summed E-state index contributed by atoms with van der Waals surface area (Å²) in [5, 5.41) is 2.67. The fourth-order valence-electron chi connectivity index (χ4n) is 2.44. The SMILES string of the molecule is COC(=O)c1ccc(N(CC(=O)Nc2cccc(C(C)=O)c2)C(C)=O)cc1. The first-order chi connectivity index (χ1) is 12.8. The highest BCUT2D eigenvalue weighted by atomic mass is 16.5. The largest absolute Gasteiger partial charge is 0.465 e. The summed E-state index contributed by atoms with van der Waals surface area (Å²) in [7, 11) is 1.28. The van der Waals surface area contributed by atoms with Gasteiger partial charge in [0.05, 0.1) is 12.7 Å². The van der Waals surface area contributed by atoms with Gasteiger partial charge in [-0.15, -0.1) is 0 Å². The molecular formula is C20H20N2O5. The van der Waals surface area contributed by atoms with Gasteiger partial charge in [-0.05, 0) is 43.3 Å². The average molecular weight is 368 g/mol. The van der Waals surface area contributed by atoms with E-state index < -0.39 is 11.9 Å². The van der Waals surface area contributed by atoms with Crippen LogP contribution in [0.3, 0.4) is 0 Å². The number of nitrogens with zero attached hydrogens (tertiary/aromatic N) is 1. The van der Waals surface area contributed by atoms with Crippen LogP contribution in [0.25, 0.3) is 0 Å². The number of benzene rings is 2. The maximum absolute atomic E-state index is 12.3. The van der Waals surface area contributed by atoms with Crippen molar-refractivity contribution < 1.29 is 23.9 Å². The van der Waals surface area contributed by atoms with Crippen LogP contribution in [0.2, 0.25) is 0 Å². The Bertz CT molecular complexity index is 874. The van der Waals surface area contributed by atoms with Gasteiger partial charge < -0.3 is 15.0 Å². The molecule has 0 bridgehead atoms. The van der Waals surface area contributed by atoms with Crippen molar-refractivity contribution in [1.82, 2.24) is 0 Å². The van der Waals surface area contributed by atoms with Gasteiger partial charge in [-0.1, -0.05) is 12.1 Å². The molecule has 0 aliphatic rings. The highest BCUT2D eigenvalue weighted by molar-refractivity contribution is 6.03. The first kappa shape index (κ1) is 19.8. The topological polar surface area (TPSA) is 92.8 Å². The van der Waals surface area contributed by atoms with Crippen LogP contribution in [0.5, 0.6) is 0 Å². The molecule has 0 radical (unpaired) electrons. The van der Waals surface area contributed by atoms with Gasteiger partial charge in [-0.3, -0.25) is 14.4 Å². The molecule has 140 valence electrons. The van der Waals surface area contributed by atoms with Crippen LogP contribution in [-0.4, -0.2) is 37.2 Å². The van der Waals surface area contributed by atoms with Crippen molar-refractivity contribution in [3.63, 3.8) is 0 Å². The zero-order valence-corrected chi connectivity index (χ0v) is 15.3. The average Bonchev–Trinajstić information content (AvgIpc) is 2.65. The van der Waals surface area contributed by atoms with E-state index in [0.717, 1.165) is 0 Å². The molecule has 7 heteroatoms. The lowest BCUT2D eigenvalue weighted by Gasteiger charge is -2.21. The first-order valence-corrected chi connectivity index (χ1v) is 8.19. The van der Waals surface area contributed by atoms with E-state index in [2.05, 4.69) is 10.1 Å². The van der Waals surface area contributed by atoms with E-state index >= 15 is 0 Å². The number of esters is 1. The third-order valence-corrected chi connectivity index (χ3v) is 3.83. The van der Waals surface area contributed by atoms with Crippen LogP contribution in [0, 0.1) is 0 Å². The Morgan fingerprint density at radius 3 is 2.19 bits per heavy atom. The van der Waals surface area contributed by atoms with Crippen LogP contribution >= 0.6 is 0 Å². The van der Waals surface area contributed by atoms with E-state index in [9.17, 15) is 19.2 Å². The number of Topliss-reactive ketones (excluding diaryl/α,β-unsaturated/α-hetero) is 1. The molecule has 0 aliphatic carbocycles. The van der Waals surface area contributed by atoms with Gasteiger partial charge in [0.25, 0.3) is 0 Å². The minimum absolute atomic E-state index is 0.109. The molecule has 2 amide bonds. The number of hydrogen-bond donors (Lipinski definition) is 1. The Hall–Kier alpha value is -3.48. The number of carbonyl (C=O) groups excluding carboxylic acids is 4. The number of hydrogen-bond acceptors (Lipinski definition) is 5. The molecule has 2 rings (SSSR count). The number of ketones is 1. The van der Waals surface area contributed by atoms with Gasteiger partial charge in [0.2, 0.25) is 11.8 Å². The number of ether oxygens (including phenoxy) is 1. The molecule has 0 unspecified atom stereocenters. The maximum Gasteiger partial charge on any atom is 0.337 e. The number of nitrogens with one attached hydrogen (secondary N) is 1. The van der Waals surface area contributed by atoms with E-state index in [1.807, 2.05) is 0 Å². The van der Waals surface area contributed by atoms with Crippen molar-refractivity contribution in [2.75, 3.05) is 23.9 Å². The van der Waals surface area contributed by atoms with Crippen molar-refractivity contribution in [2.24, 2.45) is 0 Å². The number of rotatable bonds is 6. The Kier molecular flexibility index (Phi) is 6.43. The van der Waals surface area contributed by atoms with Gasteiger partial charge in [-0.25, -0.2) is 4.79 Å². The number of methoxy groups -OCH3 is 1. The first-order valence-electron chi connectivity index (χ1n) is 8.19. The standard InChI is InChI=1S/C20H20N2O5/c1-13(23)16-5-4-6-17(11-16)21-19(25)12-22(14(2)24)18-9-7-15(8-10-18)20(26)27-3/h4-11H,12H2,1-3H3,(H,21,25). The third-order valence-electron chi connectivity index (χ3n) is 3.83. The predicted octanol–water partition coefficient (Wildman–Crippen LogP) is 2.67. The van der Waals surface area contributed by atoms with Crippen molar-refractivity contribution in [3.05, 3.63) is 59.7 Å². The van der Waals surface area contributed by atoms with Crippen LogP contribution < -0.4 is 10.2 Å². The quantitative estimate of drug-likeness (QED) is 0.625. The number of anilines is 2. The van der Waals surface area contributed by atoms with E-state index in [1.165, 1.54) is 38.0 Å². The molecule has 0 saturated heterocycles. The molecule has 0 fully saturated rings. The summed E-state index contributed by atoms with van der Waals surface area (Å²) in [4.78, 5) is 48.5. The number of amides is 2. The van der Waals surface area contributed by atoms with E-state index in [1.54, 1.807) is 36.4 Å². The molecule has 7 nitrogen and oxygen atoms in total. The van der Waals surface area contributed by atoms with Crippen molar-refractivity contribution in [3.8, 4) is 0 Å². The maximum atomic E-state index is 12.3. The van der Waals surface area contributed by atoms with Crippen molar-refractivity contribution >= 4 is 34.9 Å². The molecule has 2 aromatic rings. The van der Waals surface area contributed by atoms with E-state index in [4.69, 9.17) is 0 Å². The fourth-order valence-corrected chi connectivity index (χ4v) is 2.44. The summed E-state index contributed by atoms with van der Waals surface area (Å²) < 4.78 is 4.63. The van der Waals surface area contributed by atoms with Gasteiger partial charge in [0, 0.05) is 23.9 Å². The summed E-state index contributed by atoms with van der Waals surface area (Å²) in [5.74, 6) is -1.34. The Morgan fingerprint density at radius 1 is 0.963 bits per heavy atom. The highest BCUT2D eigenvalue weighted by Gasteiger charge is 2.17. The van der Waals surface area contributed by atoms with Crippen LogP contribution in [0.4, 0.5) is 11.4 Å². The van der Waals surface area contributed by atoms with Gasteiger partial charge in [0.15, 0.2) is 5.78 Å². The molecule has 27 heavy (non-hydrogen) atoms. The minimum atomic E-state index is -0.487. The lowest BCUT2D eigenvalue weighted by molar-refractivity contribution is -0.120. The van der Waals surface area contributed by atoms with Crippen LogP contribution in [0.15, 0.2) is 48.5 Å². The third kappa shape index (κ3) is 5.24. The summed E-state index contributed by atoms with van der Waals surface area (Å²) >= 11 is 0. The van der Waals surface area contributed by atoms with Gasteiger partial charge in [0.1, 0.15) is 6.54 Å². The molecule has 0 spiro atoms. The van der Waals surface area contributed by atoms with Crippen molar-refractivity contribution in [2.45, 2.75) is 13.8 Å². The zero-order chi connectivity index (χ0) is 20.0. The van der Waals surface area contributed by atoms with Crippen LogP contribution in [0.1, 0.15) is 34.6 Å². The second-order valence-electron chi connectivity index (χ2n) is 5.83. The summed E-state index contributed by atoms with van der Waals surface area (Å²) in [5.41, 5.74) is 1.77. The molecule has 1 N–H and O–H groups in total. The minimum Gasteiger partial charge on any atom is -0.465 e. The Morgan fingerprint density at radius 2 is 1.63 bits per heavy atom. The molecular weight excluding hydrogens is 348 g/mol. The van der Waals surface area contributed by atoms with E-state index in [0.29, 0.717) is 22.5 Å². The van der Waals surface area contributed by atoms with Crippen LogP contribution in [-0.2, 0) is 14.3 Å². The number of carbonyl (C=O) groups is 4. The molecule has 0 saturated carbocycles. The summed E-state index contributed by atoms with van der Waals surface area (Å²) in [6.07, 6.45) is 0. The second kappa shape index (κ2) is 8.75. The highest BCUT2D eigenvalue weighted by Crippen LogP contribution is 2.17. The lowest BCUT2D eigenvalue weighted by atomic mass is 10.1. The predicted molar refractivity (Wildman–Crippen MR) is 101 cm³/mol. The summed E-state index contributed by atoms with van der Waals surface area (Å²) in [6, 6.07) is 12.7. The molecule has 0 aliphatic heterocycles.